The van der Waals surface area contributed by atoms with Gasteiger partial charge in [0.05, 0.1) is 5.69 Å². The second kappa shape index (κ2) is 7.27. The van der Waals surface area contributed by atoms with E-state index < -0.39 is 23.9 Å². The molecule has 19 heavy (non-hydrogen) atoms. The van der Waals surface area contributed by atoms with Gasteiger partial charge in [0, 0.05) is 3.57 Å². The molecular weight excluding hydrogens is 366 g/mol. The van der Waals surface area contributed by atoms with Crippen molar-refractivity contribution in [2.45, 2.75) is 25.8 Å². The lowest BCUT2D eigenvalue weighted by Gasteiger charge is -2.14. The van der Waals surface area contributed by atoms with Gasteiger partial charge in [-0.2, -0.15) is 0 Å². The minimum atomic E-state index is -1.08. The summed E-state index contributed by atoms with van der Waals surface area (Å²) >= 11 is 1.88. The fraction of sp³-hybridized carbons (Fsp3) is 0.333. The third kappa shape index (κ3) is 5.01. The summed E-state index contributed by atoms with van der Waals surface area (Å²) in [4.78, 5) is 22.6. The number of hydrogen-bond donors (Lipinski definition) is 3. The Morgan fingerprint density at radius 2 is 2.16 bits per heavy atom. The van der Waals surface area contributed by atoms with Crippen LogP contribution in [0, 0.1) is 9.39 Å². The first-order chi connectivity index (χ1) is 8.93. The number of urea groups is 1. The zero-order valence-electron chi connectivity index (χ0n) is 10.2. The van der Waals surface area contributed by atoms with E-state index in [0.29, 0.717) is 22.1 Å². The average Bonchev–Trinajstić information content (AvgIpc) is 2.32. The molecule has 0 aromatic heterocycles. The van der Waals surface area contributed by atoms with Crippen molar-refractivity contribution in [3.63, 3.8) is 0 Å². The van der Waals surface area contributed by atoms with Gasteiger partial charge in [0.2, 0.25) is 0 Å². The molecule has 0 saturated heterocycles. The molecule has 0 spiro atoms. The summed E-state index contributed by atoms with van der Waals surface area (Å²) in [6, 6.07) is 2.37. The molecule has 1 atom stereocenters. The number of benzene rings is 1. The van der Waals surface area contributed by atoms with Crippen LogP contribution in [0.3, 0.4) is 0 Å². The summed E-state index contributed by atoms with van der Waals surface area (Å²) in [5, 5.41) is 13.8. The number of carboxylic acids is 1. The molecule has 2 amide bonds. The van der Waals surface area contributed by atoms with E-state index in [0.717, 1.165) is 0 Å². The summed E-state index contributed by atoms with van der Waals surface area (Å²) in [5.74, 6) is -1.48. The molecule has 3 N–H and O–H groups in total. The van der Waals surface area contributed by atoms with Crippen LogP contribution in [-0.2, 0) is 4.79 Å². The molecule has 1 aromatic carbocycles. The van der Waals surface area contributed by atoms with Gasteiger partial charge in [-0.05, 0) is 47.2 Å². The van der Waals surface area contributed by atoms with Crippen LogP contribution in [0.1, 0.15) is 19.8 Å². The van der Waals surface area contributed by atoms with Gasteiger partial charge in [0.25, 0.3) is 0 Å². The molecule has 5 nitrogen and oxygen atoms in total. The van der Waals surface area contributed by atoms with Crippen molar-refractivity contribution >= 4 is 40.3 Å². The number of aliphatic carboxylic acids is 1. The van der Waals surface area contributed by atoms with E-state index in [1.807, 2.05) is 29.5 Å². The Balaban J connectivity index is 2.66. The lowest BCUT2D eigenvalue weighted by atomic mass is 10.2. The van der Waals surface area contributed by atoms with Gasteiger partial charge in [-0.3, -0.25) is 0 Å². The number of halogens is 2. The largest absolute Gasteiger partial charge is 0.480 e. The van der Waals surface area contributed by atoms with Crippen molar-refractivity contribution < 1.29 is 19.1 Å². The van der Waals surface area contributed by atoms with Crippen molar-refractivity contribution in [1.82, 2.24) is 5.32 Å². The smallest absolute Gasteiger partial charge is 0.326 e. The molecule has 1 aromatic rings. The average molecular weight is 380 g/mol. The standard InChI is InChI=1S/C12H14FIN2O3/c1-2-3-10(11(17)18)16-12(19)15-9-5-4-7(13)6-8(9)14/h4-6,10H,2-3H2,1H3,(H,17,18)(H2,15,16,19)/t10-/m1/s1. The van der Waals surface area contributed by atoms with Crippen LogP contribution in [0.25, 0.3) is 0 Å². The molecule has 0 radical (unpaired) electrons. The zero-order chi connectivity index (χ0) is 14.4. The molecule has 7 heteroatoms. The molecule has 104 valence electrons. The number of anilines is 1. The van der Waals surface area contributed by atoms with Gasteiger partial charge >= 0.3 is 12.0 Å². The Bertz CT molecular complexity index is 482. The molecule has 0 bridgehead atoms. The second-order valence-electron chi connectivity index (χ2n) is 3.90. The Kier molecular flexibility index (Phi) is 6.00. The van der Waals surface area contributed by atoms with Crippen molar-refractivity contribution in [1.29, 1.82) is 0 Å². The number of carbonyl (C=O) groups is 2. The number of amides is 2. The Morgan fingerprint density at radius 3 is 2.68 bits per heavy atom. The molecule has 0 unspecified atom stereocenters. The Labute approximate surface area is 123 Å². The van der Waals surface area contributed by atoms with Crippen molar-refractivity contribution in [3.05, 3.63) is 27.6 Å². The molecule has 0 aliphatic heterocycles. The second-order valence-corrected chi connectivity index (χ2v) is 5.06. The maximum atomic E-state index is 12.9. The lowest BCUT2D eigenvalue weighted by Crippen LogP contribution is -2.43. The van der Waals surface area contributed by atoms with Crippen LogP contribution in [0.15, 0.2) is 18.2 Å². The first-order valence-electron chi connectivity index (χ1n) is 5.69. The third-order valence-corrected chi connectivity index (χ3v) is 3.25. The maximum Gasteiger partial charge on any atom is 0.326 e. The van der Waals surface area contributed by atoms with Gasteiger partial charge < -0.3 is 15.7 Å². The highest BCUT2D eigenvalue weighted by atomic mass is 127. The maximum absolute atomic E-state index is 12.9. The number of nitrogens with one attached hydrogen (secondary N) is 2. The summed E-state index contributed by atoms with van der Waals surface area (Å²) in [6.07, 6.45) is 0.995. The van der Waals surface area contributed by atoms with Crippen LogP contribution < -0.4 is 10.6 Å². The Hall–Kier alpha value is -1.38. The molecule has 1 rings (SSSR count). The quantitative estimate of drug-likeness (QED) is 0.688. The molecular formula is C12H14FIN2O3. The molecule has 0 aliphatic rings. The topological polar surface area (TPSA) is 78.4 Å². The van der Waals surface area contributed by atoms with Gasteiger partial charge in [-0.15, -0.1) is 0 Å². The minimum absolute atomic E-state index is 0.350. The summed E-state index contributed by atoms with van der Waals surface area (Å²) in [7, 11) is 0. The summed E-state index contributed by atoms with van der Waals surface area (Å²) < 4.78 is 13.4. The van der Waals surface area contributed by atoms with Gasteiger partial charge in [0.1, 0.15) is 11.9 Å². The van der Waals surface area contributed by atoms with Crippen LogP contribution in [0.2, 0.25) is 0 Å². The van der Waals surface area contributed by atoms with Crippen LogP contribution in [0.5, 0.6) is 0 Å². The van der Waals surface area contributed by atoms with E-state index >= 15 is 0 Å². The Morgan fingerprint density at radius 1 is 1.47 bits per heavy atom. The van der Waals surface area contributed by atoms with E-state index in [2.05, 4.69) is 10.6 Å². The molecule has 0 fully saturated rings. The highest BCUT2D eigenvalue weighted by molar-refractivity contribution is 14.1. The first kappa shape index (κ1) is 15.7. The SMILES string of the molecule is CCC[C@@H](NC(=O)Nc1ccc(F)cc1I)C(=O)O. The lowest BCUT2D eigenvalue weighted by molar-refractivity contribution is -0.139. The zero-order valence-corrected chi connectivity index (χ0v) is 12.4. The number of rotatable bonds is 5. The van der Waals surface area contributed by atoms with E-state index in [1.54, 1.807) is 0 Å². The van der Waals surface area contributed by atoms with Crippen molar-refractivity contribution in [3.8, 4) is 0 Å². The molecule has 0 saturated carbocycles. The van der Waals surface area contributed by atoms with E-state index in [-0.39, 0.29) is 0 Å². The van der Waals surface area contributed by atoms with Crippen LogP contribution >= 0.6 is 22.6 Å². The van der Waals surface area contributed by atoms with Crippen molar-refractivity contribution in [2.75, 3.05) is 5.32 Å². The van der Waals surface area contributed by atoms with E-state index in [9.17, 15) is 14.0 Å². The predicted octanol–water partition coefficient (Wildman–Crippen LogP) is 2.81. The fourth-order valence-electron chi connectivity index (χ4n) is 1.45. The van der Waals surface area contributed by atoms with Gasteiger partial charge in [0.15, 0.2) is 0 Å². The van der Waals surface area contributed by atoms with Crippen molar-refractivity contribution in [2.24, 2.45) is 0 Å². The van der Waals surface area contributed by atoms with Gasteiger partial charge in [-0.1, -0.05) is 13.3 Å². The predicted molar refractivity (Wildman–Crippen MR) is 77.6 cm³/mol. The fourth-order valence-corrected chi connectivity index (χ4v) is 2.07. The summed E-state index contributed by atoms with van der Waals surface area (Å²) in [5.41, 5.74) is 0.431. The van der Waals surface area contributed by atoms with E-state index in [4.69, 9.17) is 5.11 Å². The first-order valence-corrected chi connectivity index (χ1v) is 6.77. The number of carbonyl (C=O) groups excluding carboxylic acids is 1. The highest BCUT2D eigenvalue weighted by Crippen LogP contribution is 2.18. The molecule has 0 aliphatic carbocycles. The summed E-state index contributed by atoms with van der Waals surface area (Å²) in [6.45, 7) is 1.83. The highest BCUT2D eigenvalue weighted by Gasteiger charge is 2.19. The number of carboxylic acid groups (broad SMARTS) is 1. The monoisotopic (exact) mass is 380 g/mol. The normalized spacial score (nSPS) is 11.7. The van der Waals surface area contributed by atoms with Crippen LogP contribution in [-0.4, -0.2) is 23.1 Å². The number of hydrogen-bond acceptors (Lipinski definition) is 2. The minimum Gasteiger partial charge on any atom is -0.480 e. The molecule has 0 heterocycles. The van der Waals surface area contributed by atoms with E-state index in [1.165, 1.54) is 18.2 Å². The third-order valence-electron chi connectivity index (χ3n) is 2.36. The van der Waals surface area contributed by atoms with Crippen LogP contribution in [0.4, 0.5) is 14.9 Å². The van der Waals surface area contributed by atoms with Gasteiger partial charge in [-0.25, -0.2) is 14.0 Å².